The van der Waals surface area contributed by atoms with E-state index in [0.29, 0.717) is 18.7 Å². The maximum atomic E-state index is 12.9. The molecule has 1 aliphatic rings. The van der Waals surface area contributed by atoms with Crippen molar-refractivity contribution in [1.29, 1.82) is 0 Å². The summed E-state index contributed by atoms with van der Waals surface area (Å²) in [5.41, 5.74) is 0.474. The van der Waals surface area contributed by atoms with Gasteiger partial charge in [-0.05, 0) is 33.2 Å². The van der Waals surface area contributed by atoms with Gasteiger partial charge in [0.15, 0.2) is 6.04 Å². The van der Waals surface area contributed by atoms with Gasteiger partial charge < -0.3 is 41.6 Å². The fourth-order valence-corrected chi connectivity index (χ4v) is 3.30. The van der Waals surface area contributed by atoms with Crippen LogP contribution in [0.15, 0.2) is 12.5 Å². The van der Waals surface area contributed by atoms with Gasteiger partial charge in [0.25, 0.3) is 0 Å². The molecule has 1 aromatic heterocycles. The monoisotopic (exact) mass is 454 g/mol. The van der Waals surface area contributed by atoms with Gasteiger partial charge in [0.1, 0.15) is 12.1 Å². The van der Waals surface area contributed by atoms with Gasteiger partial charge in [-0.3, -0.25) is 14.4 Å². The summed E-state index contributed by atoms with van der Waals surface area (Å²) in [4.78, 5) is 55.9. The first-order valence-corrected chi connectivity index (χ1v) is 10.3. The zero-order valence-electron chi connectivity index (χ0n) is 17.9. The van der Waals surface area contributed by atoms with Gasteiger partial charge >= 0.3 is 5.97 Å². The molecule has 178 valence electrons. The van der Waals surface area contributed by atoms with Crippen molar-refractivity contribution < 1.29 is 34.5 Å². The van der Waals surface area contributed by atoms with Crippen molar-refractivity contribution in [2.75, 3.05) is 6.54 Å². The number of aromatic amines is 1. The van der Waals surface area contributed by atoms with E-state index >= 15 is 0 Å². The largest absolute Gasteiger partial charge is 0.480 e. The predicted molar refractivity (Wildman–Crippen MR) is 110 cm³/mol. The number of imidazole rings is 1. The summed E-state index contributed by atoms with van der Waals surface area (Å²) < 4.78 is 0. The number of hydrogen-bond acceptors (Lipinski definition) is 8. The molecule has 2 heterocycles. The SMILES string of the molecule is CC(O)C(NC(=O)C(Cc1cnc[nH]1)NC(=O)C(NC(=O)C1CCCN1)C(C)O)C(=O)O. The molecule has 2 rings (SSSR count). The summed E-state index contributed by atoms with van der Waals surface area (Å²) in [5.74, 6) is -3.58. The normalized spacial score (nSPS) is 20.4. The number of aliphatic hydroxyl groups is 2. The van der Waals surface area contributed by atoms with E-state index in [-0.39, 0.29) is 6.42 Å². The summed E-state index contributed by atoms with van der Waals surface area (Å²) in [7, 11) is 0. The molecular formula is C19H30N6O7. The third-order valence-electron chi connectivity index (χ3n) is 5.10. The molecule has 13 heteroatoms. The predicted octanol–water partition coefficient (Wildman–Crippen LogP) is -3.00. The summed E-state index contributed by atoms with van der Waals surface area (Å²) in [6, 6.07) is -4.68. The average molecular weight is 454 g/mol. The Bertz CT molecular complexity index is 792. The first-order chi connectivity index (χ1) is 15.1. The zero-order valence-corrected chi connectivity index (χ0v) is 17.9. The Morgan fingerprint density at radius 3 is 2.28 bits per heavy atom. The number of hydrogen-bond donors (Lipinski definition) is 8. The lowest BCUT2D eigenvalue weighted by atomic mass is 10.1. The molecule has 1 saturated heterocycles. The molecule has 0 bridgehead atoms. The van der Waals surface area contributed by atoms with E-state index < -0.39 is 60.1 Å². The highest BCUT2D eigenvalue weighted by Gasteiger charge is 2.34. The highest BCUT2D eigenvalue weighted by atomic mass is 16.4. The van der Waals surface area contributed by atoms with E-state index in [4.69, 9.17) is 0 Å². The molecule has 6 unspecified atom stereocenters. The molecule has 0 aromatic carbocycles. The highest BCUT2D eigenvalue weighted by Crippen LogP contribution is 2.07. The summed E-state index contributed by atoms with van der Waals surface area (Å²) >= 11 is 0. The van der Waals surface area contributed by atoms with E-state index in [9.17, 15) is 34.5 Å². The van der Waals surface area contributed by atoms with Gasteiger partial charge in [-0.25, -0.2) is 9.78 Å². The van der Waals surface area contributed by atoms with Crippen LogP contribution in [0.4, 0.5) is 0 Å². The molecule has 13 nitrogen and oxygen atoms in total. The van der Waals surface area contributed by atoms with Crippen molar-refractivity contribution in [2.24, 2.45) is 0 Å². The fraction of sp³-hybridized carbons (Fsp3) is 0.632. The molecule has 6 atom stereocenters. The summed E-state index contributed by atoms with van der Waals surface area (Å²) in [6.07, 6.45) is 1.48. The quantitative estimate of drug-likeness (QED) is 0.171. The Kier molecular flexibility index (Phi) is 9.11. The maximum Gasteiger partial charge on any atom is 0.328 e. The van der Waals surface area contributed by atoms with E-state index in [1.54, 1.807) is 0 Å². The number of H-pyrrole nitrogens is 1. The lowest BCUT2D eigenvalue weighted by molar-refractivity contribution is -0.145. The number of rotatable bonds is 11. The van der Waals surface area contributed by atoms with Gasteiger partial charge in [0.2, 0.25) is 17.7 Å². The molecular weight excluding hydrogens is 424 g/mol. The molecule has 8 N–H and O–H groups in total. The Labute approximate surface area is 184 Å². The average Bonchev–Trinajstić information content (AvgIpc) is 3.42. The van der Waals surface area contributed by atoms with Crippen molar-refractivity contribution in [1.82, 2.24) is 31.2 Å². The Hall–Kier alpha value is -3.03. The van der Waals surface area contributed by atoms with Crippen molar-refractivity contribution in [3.8, 4) is 0 Å². The molecule has 1 fully saturated rings. The van der Waals surface area contributed by atoms with Crippen LogP contribution >= 0.6 is 0 Å². The molecule has 0 saturated carbocycles. The number of carboxylic acid groups (broad SMARTS) is 1. The molecule has 1 aromatic rings. The number of aliphatic carboxylic acids is 1. The maximum absolute atomic E-state index is 12.9. The van der Waals surface area contributed by atoms with Gasteiger partial charge in [-0.15, -0.1) is 0 Å². The van der Waals surface area contributed by atoms with E-state index in [1.165, 1.54) is 26.4 Å². The smallest absolute Gasteiger partial charge is 0.328 e. The molecule has 0 radical (unpaired) electrons. The Morgan fingerprint density at radius 1 is 1.09 bits per heavy atom. The second-order valence-corrected chi connectivity index (χ2v) is 7.78. The molecule has 32 heavy (non-hydrogen) atoms. The van der Waals surface area contributed by atoms with E-state index in [2.05, 4.69) is 31.2 Å². The van der Waals surface area contributed by atoms with Crippen LogP contribution in [-0.4, -0.2) is 91.9 Å². The molecule has 1 aliphatic heterocycles. The number of carboxylic acids is 1. The second kappa shape index (κ2) is 11.5. The van der Waals surface area contributed by atoms with Crippen LogP contribution in [0.25, 0.3) is 0 Å². The number of amides is 3. The first kappa shape index (κ1) is 25.2. The highest BCUT2D eigenvalue weighted by molar-refractivity contribution is 5.94. The van der Waals surface area contributed by atoms with Crippen LogP contribution in [-0.2, 0) is 25.6 Å². The standard InChI is InChI=1S/C19H30N6O7/c1-9(26)14(24-16(28)12-4-3-5-21-12)18(30)23-13(6-11-7-20-8-22-11)17(29)25-15(10(2)27)19(31)32/h7-10,12-15,21,26-27H,3-6H2,1-2H3,(H,20,22)(H,23,30)(H,24,28)(H,25,29)(H,31,32). The van der Waals surface area contributed by atoms with Crippen molar-refractivity contribution in [2.45, 2.75) is 69.5 Å². The fourth-order valence-electron chi connectivity index (χ4n) is 3.30. The van der Waals surface area contributed by atoms with E-state index in [1.807, 2.05) is 0 Å². The number of aliphatic hydroxyl groups excluding tert-OH is 2. The minimum atomic E-state index is -1.59. The number of nitrogens with zero attached hydrogens (tertiary/aromatic N) is 1. The number of carbonyl (C=O) groups excluding carboxylic acids is 3. The lowest BCUT2D eigenvalue weighted by Gasteiger charge is -2.26. The van der Waals surface area contributed by atoms with Crippen LogP contribution in [0, 0.1) is 0 Å². The summed E-state index contributed by atoms with van der Waals surface area (Å²) in [5, 5.41) is 39.0. The van der Waals surface area contributed by atoms with Gasteiger partial charge in [0.05, 0.1) is 24.6 Å². The first-order valence-electron chi connectivity index (χ1n) is 10.3. The second-order valence-electron chi connectivity index (χ2n) is 7.78. The summed E-state index contributed by atoms with van der Waals surface area (Å²) in [6.45, 7) is 3.20. The third kappa shape index (κ3) is 7.00. The van der Waals surface area contributed by atoms with E-state index in [0.717, 1.165) is 6.42 Å². The van der Waals surface area contributed by atoms with Crippen LogP contribution in [0.1, 0.15) is 32.4 Å². The minimum absolute atomic E-state index is 0.0750. The van der Waals surface area contributed by atoms with Crippen molar-refractivity contribution in [3.05, 3.63) is 18.2 Å². The van der Waals surface area contributed by atoms with Crippen LogP contribution < -0.4 is 21.3 Å². The lowest BCUT2D eigenvalue weighted by Crippen LogP contribution is -2.60. The Balaban J connectivity index is 2.14. The van der Waals surface area contributed by atoms with Gasteiger partial charge in [-0.2, -0.15) is 0 Å². The topological polar surface area (TPSA) is 206 Å². The zero-order chi connectivity index (χ0) is 23.8. The molecule has 0 spiro atoms. The van der Waals surface area contributed by atoms with Crippen molar-refractivity contribution >= 4 is 23.7 Å². The van der Waals surface area contributed by atoms with Gasteiger partial charge in [0, 0.05) is 18.3 Å². The molecule has 0 aliphatic carbocycles. The van der Waals surface area contributed by atoms with Crippen LogP contribution in [0.3, 0.4) is 0 Å². The third-order valence-corrected chi connectivity index (χ3v) is 5.10. The van der Waals surface area contributed by atoms with Crippen LogP contribution in [0.5, 0.6) is 0 Å². The number of carbonyl (C=O) groups is 4. The molecule has 3 amide bonds. The Morgan fingerprint density at radius 2 is 1.78 bits per heavy atom. The number of aromatic nitrogens is 2. The van der Waals surface area contributed by atoms with Crippen LogP contribution in [0.2, 0.25) is 0 Å². The number of nitrogens with one attached hydrogen (secondary N) is 5. The van der Waals surface area contributed by atoms with Crippen molar-refractivity contribution in [3.63, 3.8) is 0 Å². The minimum Gasteiger partial charge on any atom is -0.480 e. The van der Waals surface area contributed by atoms with Gasteiger partial charge in [-0.1, -0.05) is 0 Å².